The van der Waals surface area contributed by atoms with Crippen molar-refractivity contribution in [2.75, 3.05) is 26.2 Å². The number of benzene rings is 2. The second-order valence-electron chi connectivity index (χ2n) is 11.1. The summed E-state index contributed by atoms with van der Waals surface area (Å²) in [5.74, 6) is -0.0390. The largest absolute Gasteiger partial charge is 0.369 e. The van der Waals surface area contributed by atoms with Gasteiger partial charge in [0.15, 0.2) is 0 Å². The SMILES string of the molecule is NC(=O)C(c1ccccc1)(c1ccccc1)[C@@H]1CCN(CCCCCCCCCNC2CCCC2)C1. The molecular weight excluding hydrogens is 442 g/mol. The first-order valence-corrected chi connectivity index (χ1v) is 14.6. The number of unbranched alkanes of at least 4 members (excludes halogenated alkanes) is 6. The summed E-state index contributed by atoms with van der Waals surface area (Å²) in [4.78, 5) is 15.8. The Hall–Kier alpha value is -2.17. The van der Waals surface area contributed by atoms with Gasteiger partial charge in [0.25, 0.3) is 0 Å². The Morgan fingerprint density at radius 2 is 1.36 bits per heavy atom. The van der Waals surface area contributed by atoms with Crippen molar-refractivity contribution in [2.24, 2.45) is 11.7 Å². The van der Waals surface area contributed by atoms with Gasteiger partial charge in [0.2, 0.25) is 5.91 Å². The predicted octanol–water partition coefficient (Wildman–Crippen LogP) is 6.04. The molecule has 2 aliphatic rings. The molecule has 36 heavy (non-hydrogen) atoms. The van der Waals surface area contributed by atoms with Gasteiger partial charge in [0.05, 0.1) is 0 Å². The van der Waals surface area contributed by atoms with Crippen LogP contribution in [0.3, 0.4) is 0 Å². The monoisotopic (exact) mass is 489 g/mol. The van der Waals surface area contributed by atoms with E-state index in [-0.39, 0.29) is 11.8 Å². The van der Waals surface area contributed by atoms with Crippen LogP contribution in [-0.4, -0.2) is 43.0 Å². The molecule has 1 amide bonds. The number of carbonyl (C=O) groups is 1. The van der Waals surface area contributed by atoms with Crippen LogP contribution in [0.5, 0.6) is 0 Å². The number of hydrogen-bond donors (Lipinski definition) is 2. The number of nitrogens with one attached hydrogen (secondary N) is 1. The van der Waals surface area contributed by atoms with Crippen LogP contribution in [0.25, 0.3) is 0 Å². The average Bonchev–Trinajstić information content (AvgIpc) is 3.60. The van der Waals surface area contributed by atoms with Crippen molar-refractivity contribution in [3.63, 3.8) is 0 Å². The van der Waals surface area contributed by atoms with E-state index >= 15 is 0 Å². The maximum Gasteiger partial charge on any atom is 0.232 e. The number of hydrogen-bond acceptors (Lipinski definition) is 3. The quantitative estimate of drug-likeness (QED) is 0.300. The first kappa shape index (κ1) is 26.9. The molecule has 0 aromatic heterocycles. The highest BCUT2D eigenvalue weighted by Gasteiger charge is 2.49. The van der Waals surface area contributed by atoms with Gasteiger partial charge in [-0.05, 0) is 68.8 Å². The molecule has 4 heteroatoms. The standard InChI is InChI=1S/C32H47N3O/c33-31(36)32(27-16-8-6-9-17-27,28-18-10-7-11-19-28)29-22-25-35(26-29)24-15-5-3-1-2-4-14-23-34-30-20-12-13-21-30/h6-11,16-19,29-30,34H,1-5,12-15,20-26H2,(H2,33,36)/t29-/m1/s1. The number of nitrogens with two attached hydrogens (primary N) is 1. The molecule has 0 unspecified atom stereocenters. The Bertz CT molecular complexity index is 855. The third-order valence-electron chi connectivity index (χ3n) is 8.67. The average molecular weight is 490 g/mol. The minimum Gasteiger partial charge on any atom is -0.369 e. The number of likely N-dealkylation sites (tertiary alicyclic amines) is 1. The van der Waals surface area contributed by atoms with Crippen molar-refractivity contribution in [2.45, 2.75) is 88.5 Å². The minimum atomic E-state index is -0.774. The van der Waals surface area contributed by atoms with Crippen molar-refractivity contribution >= 4 is 5.91 Å². The van der Waals surface area contributed by atoms with Crippen molar-refractivity contribution in [1.29, 1.82) is 0 Å². The second kappa shape index (κ2) is 13.9. The summed E-state index contributed by atoms with van der Waals surface area (Å²) >= 11 is 0. The van der Waals surface area contributed by atoms with Gasteiger partial charge in [-0.15, -0.1) is 0 Å². The Labute approximate surface area is 219 Å². The van der Waals surface area contributed by atoms with Gasteiger partial charge in [-0.25, -0.2) is 0 Å². The predicted molar refractivity (Wildman–Crippen MR) is 150 cm³/mol. The lowest BCUT2D eigenvalue weighted by Crippen LogP contribution is -2.49. The molecule has 1 saturated heterocycles. The maximum absolute atomic E-state index is 13.2. The Balaban J connectivity index is 1.20. The van der Waals surface area contributed by atoms with Crippen LogP contribution in [0.15, 0.2) is 60.7 Å². The zero-order chi connectivity index (χ0) is 25.1. The second-order valence-corrected chi connectivity index (χ2v) is 11.1. The number of carbonyl (C=O) groups excluding carboxylic acids is 1. The van der Waals surface area contributed by atoms with Gasteiger partial charge in [0.1, 0.15) is 5.41 Å². The molecule has 0 radical (unpaired) electrons. The molecule has 1 saturated carbocycles. The number of nitrogens with zero attached hydrogens (tertiary/aromatic N) is 1. The molecule has 1 aliphatic carbocycles. The van der Waals surface area contributed by atoms with E-state index in [1.807, 2.05) is 36.4 Å². The highest BCUT2D eigenvalue weighted by molar-refractivity contribution is 5.91. The molecule has 4 rings (SSSR count). The molecule has 4 nitrogen and oxygen atoms in total. The smallest absolute Gasteiger partial charge is 0.232 e. The van der Waals surface area contributed by atoms with E-state index in [4.69, 9.17) is 5.73 Å². The molecule has 1 aliphatic heterocycles. The lowest BCUT2D eigenvalue weighted by Gasteiger charge is -2.37. The van der Waals surface area contributed by atoms with Crippen molar-refractivity contribution < 1.29 is 4.79 Å². The molecule has 0 spiro atoms. The van der Waals surface area contributed by atoms with Gasteiger partial charge in [-0.1, -0.05) is 106 Å². The topological polar surface area (TPSA) is 58.4 Å². The lowest BCUT2D eigenvalue weighted by atomic mass is 9.64. The summed E-state index contributed by atoms with van der Waals surface area (Å²) < 4.78 is 0. The van der Waals surface area contributed by atoms with Crippen LogP contribution < -0.4 is 11.1 Å². The molecular formula is C32H47N3O. The molecule has 2 aromatic rings. The zero-order valence-corrected chi connectivity index (χ0v) is 22.2. The van der Waals surface area contributed by atoms with Gasteiger partial charge in [-0.2, -0.15) is 0 Å². The molecule has 2 fully saturated rings. The van der Waals surface area contributed by atoms with E-state index in [2.05, 4.69) is 34.5 Å². The summed E-state index contributed by atoms with van der Waals surface area (Å²) in [6, 6.07) is 21.2. The van der Waals surface area contributed by atoms with E-state index in [9.17, 15) is 4.79 Å². The first-order valence-electron chi connectivity index (χ1n) is 14.6. The van der Waals surface area contributed by atoms with Crippen LogP contribution in [0.2, 0.25) is 0 Å². The molecule has 196 valence electrons. The molecule has 0 bridgehead atoms. The van der Waals surface area contributed by atoms with Crippen molar-refractivity contribution in [3.05, 3.63) is 71.8 Å². The van der Waals surface area contributed by atoms with Crippen LogP contribution in [0.4, 0.5) is 0 Å². The van der Waals surface area contributed by atoms with E-state index in [1.165, 1.54) is 77.2 Å². The van der Waals surface area contributed by atoms with Gasteiger partial charge in [-0.3, -0.25) is 4.79 Å². The summed E-state index contributed by atoms with van der Waals surface area (Å²) in [7, 11) is 0. The normalized spacial score (nSPS) is 19.2. The van der Waals surface area contributed by atoms with E-state index < -0.39 is 5.41 Å². The fourth-order valence-electron chi connectivity index (χ4n) is 6.70. The van der Waals surface area contributed by atoms with Gasteiger partial charge >= 0.3 is 0 Å². The number of amides is 1. The maximum atomic E-state index is 13.2. The highest BCUT2D eigenvalue weighted by atomic mass is 16.1. The van der Waals surface area contributed by atoms with Gasteiger partial charge < -0.3 is 16.0 Å². The fraction of sp³-hybridized carbons (Fsp3) is 0.594. The van der Waals surface area contributed by atoms with Crippen LogP contribution in [0, 0.1) is 5.92 Å². The summed E-state index contributed by atoms with van der Waals surface area (Å²) in [5.41, 5.74) is 7.50. The fourth-order valence-corrected chi connectivity index (χ4v) is 6.70. The van der Waals surface area contributed by atoms with Crippen LogP contribution in [-0.2, 0) is 10.2 Å². The van der Waals surface area contributed by atoms with E-state index in [0.29, 0.717) is 0 Å². The van der Waals surface area contributed by atoms with E-state index in [1.54, 1.807) is 0 Å². The molecule has 1 atom stereocenters. The number of rotatable bonds is 15. The van der Waals surface area contributed by atoms with Crippen molar-refractivity contribution in [1.82, 2.24) is 10.2 Å². The summed E-state index contributed by atoms with van der Waals surface area (Å²) in [6.45, 7) is 4.31. The Kier molecular flexibility index (Phi) is 10.4. The Morgan fingerprint density at radius 1 is 0.806 bits per heavy atom. The Morgan fingerprint density at radius 3 is 1.94 bits per heavy atom. The lowest BCUT2D eigenvalue weighted by molar-refractivity contribution is -0.123. The third-order valence-corrected chi connectivity index (χ3v) is 8.67. The third kappa shape index (κ3) is 6.77. The van der Waals surface area contributed by atoms with Gasteiger partial charge in [0, 0.05) is 12.6 Å². The minimum absolute atomic E-state index is 0.192. The summed E-state index contributed by atoms with van der Waals surface area (Å²) in [6.07, 6.45) is 15.9. The molecule has 3 N–H and O–H groups in total. The molecule has 1 heterocycles. The molecule has 2 aromatic carbocycles. The number of primary amides is 1. The summed E-state index contributed by atoms with van der Waals surface area (Å²) in [5, 5.41) is 3.73. The van der Waals surface area contributed by atoms with E-state index in [0.717, 1.165) is 43.2 Å². The van der Waals surface area contributed by atoms with Crippen molar-refractivity contribution in [3.8, 4) is 0 Å². The highest BCUT2D eigenvalue weighted by Crippen LogP contribution is 2.43. The van der Waals surface area contributed by atoms with Crippen LogP contribution in [0.1, 0.15) is 88.2 Å². The van der Waals surface area contributed by atoms with Crippen LogP contribution >= 0.6 is 0 Å². The zero-order valence-electron chi connectivity index (χ0n) is 22.2. The first-order chi connectivity index (χ1) is 17.7.